The summed E-state index contributed by atoms with van der Waals surface area (Å²) in [6.45, 7) is 2.57. The van der Waals surface area contributed by atoms with Gasteiger partial charge in [-0.3, -0.25) is 19.0 Å². The Balaban J connectivity index is 1.36. The smallest absolute Gasteiger partial charge is 0.226 e. The van der Waals surface area contributed by atoms with Crippen molar-refractivity contribution >= 4 is 22.5 Å². The van der Waals surface area contributed by atoms with Gasteiger partial charge in [0.05, 0.1) is 24.7 Å². The lowest BCUT2D eigenvalue weighted by atomic mass is 10.1. The Morgan fingerprint density at radius 2 is 2.14 bits per heavy atom. The number of carbonyl (C=O) groups excluding carboxylic acids is 1. The van der Waals surface area contributed by atoms with Crippen molar-refractivity contribution < 1.29 is 9.00 Å². The molecule has 1 aromatic heterocycles. The third-order valence-electron chi connectivity index (χ3n) is 5.15. The Hall–Kier alpha value is -2.54. The first-order valence-electron chi connectivity index (χ1n) is 9.57. The fraction of sp³-hybridized carbons (Fsp3) is 0.381. The van der Waals surface area contributed by atoms with Crippen molar-refractivity contribution in [2.24, 2.45) is 4.99 Å². The van der Waals surface area contributed by atoms with E-state index < -0.39 is 10.8 Å². The van der Waals surface area contributed by atoms with E-state index in [1.807, 2.05) is 43.3 Å². The predicted octanol–water partition coefficient (Wildman–Crippen LogP) is 1.87. The number of rotatable bonds is 5. The minimum atomic E-state index is -0.718. The number of pyridine rings is 1. The summed E-state index contributed by atoms with van der Waals surface area (Å²) in [6, 6.07) is 12.0. The second-order valence-electron chi connectivity index (χ2n) is 7.31. The zero-order valence-corrected chi connectivity index (χ0v) is 16.7. The van der Waals surface area contributed by atoms with Gasteiger partial charge in [-0.25, -0.2) is 0 Å². The lowest BCUT2D eigenvalue weighted by Crippen LogP contribution is -2.35. The van der Waals surface area contributed by atoms with E-state index in [4.69, 9.17) is 0 Å². The van der Waals surface area contributed by atoms with Crippen molar-refractivity contribution in [1.82, 2.24) is 15.6 Å². The van der Waals surface area contributed by atoms with Gasteiger partial charge in [0, 0.05) is 40.1 Å². The van der Waals surface area contributed by atoms with Gasteiger partial charge in [0.1, 0.15) is 5.84 Å². The Morgan fingerprint density at radius 1 is 1.32 bits per heavy atom. The molecule has 4 rings (SSSR count). The second-order valence-corrected chi connectivity index (χ2v) is 8.94. The number of fused-ring (bicyclic) bond motifs is 1. The summed E-state index contributed by atoms with van der Waals surface area (Å²) < 4.78 is 11.6. The van der Waals surface area contributed by atoms with E-state index in [0.29, 0.717) is 12.3 Å². The van der Waals surface area contributed by atoms with Crippen LogP contribution in [0.25, 0.3) is 0 Å². The monoisotopic (exact) mass is 396 g/mol. The lowest BCUT2D eigenvalue weighted by Gasteiger charge is -2.15. The largest absolute Gasteiger partial charge is 0.366 e. The third-order valence-corrected chi connectivity index (χ3v) is 6.61. The van der Waals surface area contributed by atoms with Crippen LogP contribution >= 0.6 is 0 Å². The van der Waals surface area contributed by atoms with E-state index in [1.165, 1.54) is 0 Å². The van der Waals surface area contributed by atoms with Crippen LogP contribution in [-0.2, 0) is 28.6 Å². The fourth-order valence-corrected chi connectivity index (χ4v) is 5.03. The number of amides is 1. The molecule has 2 aliphatic heterocycles. The Bertz CT molecular complexity index is 929. The molecule has 146 valence electrons. The van der Waals surface area contributed by atoms with Gasteiger partial charge in [0.25, 0.3) is 0 Å². The SMILES string of the molecule is C[C@@H](NC(=O)Cc1cc2c(cn1)C(NC1CCS(=O)C1)=NC2)c1ccccc1. The lowest BCUT2D eigenvalue weighted by molar-refractivity contribution is -0.121. The van der Waals surface area contributed by atoms with Gasteiger partial charge in [-0.2, -0.15) is 0 Å². The minimum Gasteiger partial charge on any atom is -0.366 e. The van der Waals surface area contributed by atoms with Crippen molar-refractivity contribution in [3.63, 3.8) is 0 Å². The predicted molar refractivity (Wildman–Crippen MR) is 111 cm³/mol. The van der Waals surface area contributed by atoms with Gasteiger partial charge in [0.2, 0.25) is 5.91 Å². The van der Waals surface area contributed by atoms with Crippen LogP contribution in [0, 0.1) is 0 Å². The summed E-state index contributed by atoms with van der Waals surface area (Å²) in [5.41, 5.74) is 3.89. The number of hydrogen-bond acceptors (Lipinski definition) is 5. The maximum absolute atomic E-state index is 12.4. The number of aliphatic imine (C=N–C) groups is 1. The second kappa shape index (κ2) is 8.22. The number of amidine groups is 1. The standard InChI is InChI=1S/C21H24N4O2S/c1-14(15-5-3-2-4-6-15)24-20(26)10-18-9-16-11-23-21(19(16)12-22-18)25-17-7-8-28(27)13-17/h2-6,9,12,14,17H,7-8,10-11,13H2,1H3,(H,23,25)(H,24,26)/t14-,17?,28?/m1/s1. The average molecular weight is 397 g/mol. The molecule has 1 fully saturated rings. The minimum absolute atomic E-state index is 0.0424. The normalized spacial score (nSPS) is 21.7. The van der Waals surface area contributed by atoms with Crippen LogP contribution in [0.4, 0.5) is 0 Å². The zero-order chi connectivity index (χ0) is 19.5. The molecule has 0 saturated carbocycles. The van der Waals surface area contributed by atoms with Crippen molar-refractivity contribution in [3.8, 4) is 0 Å². The van der Waals surface area contributed by atoms with Crippen LogP contribution in [0.2, 0.25) is 0 Å². The molecular formula is C21H24N4O2S. The molecule has 1 amide bonds. The highest BCUT2D eigenvalue weighted by Crippen LogP contribution is 2.20. The van der Waals surface area contributed by atoms with E-state index in [9.17, 15) is 9.00 Å². The Kier molecular flexibility index (Phi) is 5.52. The van der Waals surface area contributed by atoms with E-state index in [1.54, 1.807) is 6.20 Å². The Morgan fingerprint density at radius 3 is 2.89 bits per heavy atom. The number of benzene rings is 1. The van der Waals surface area contributed by atoms with Crippen molar-refractivity contribution in [1.29, 1.82) is 0 Å². The van der Waals surface area contributed by atoms with Crippen LogP contribution in [-0.4, -0.2) is 38.5 Å². The van der Waals surface area contributed by atoms with Gasteiger partial charge in [-0.1, -0.05) is 30.3 Å². The van der Waals surface area contributed by atoms with Crippen molar-refractivity contribution in [3.05, 3.63) is 65.0 Å². The van der Waals surface area contributed by atoms with E-state index >= 15 is 0 Å². The number of carbonyl (C=O) groups is 1. The summed E-state index contributed by atoms with van der Waals surface area (Å²) in [5, 5.41) is 6.43. The topological polar surface area (TPSA) is 83.5 Å². The molecule has 1 aromatic carbocycles. The molecule has 0 radical (unpaired) electrons. The highest BCUT2D eigenvalue weighted by Gasteiger charge is 2.25. The molecule has 6 nitrogen and oxygen atoms in total. The first-order valence-corrected chi connectivity index (χ1v) is 11.1. The van der Waals surface area contributed by atoms with Gasteiger partial charge < -0.3 is 10.6 Å². The Labute approximate surface area is 167 Å². The van der Waals surface area contributed by atoms with E-state index in [0.717, 1.165) is 40.4 Å². The molecule has 1 saturated heterocycles. The van der Waals surface area contributed by atoms with Gasteiger partial charge in [-0.05, 0) is 30.5 Å². The fourth-order valence-electron chi connectivity index (χ4n) is 3.61. The van der Waals surface area contributed by atoms with Crippen molar-refractivity contribution in [2.45, 2.75) is 38.4 Å². The molecule has 3 atom stereocenters. The van der Waals surface area contributed by atoms with Gasteiger partial charge >= 0.3 is 0 Å². The molecule has 0 bridgehead atoms. The van der Waals surface area contributed by atoms with Crippen LogP contribution in [0.3, 0.4) is 0 Å². The summed E-state index contributed by atoms with van der Waals surface area (Å²) in [5.74, 6) is 2.22. The van der Waals surface area contributed by atoms with Crippen LogP contribution in [0.15, 0.2) is 47.6 Å². The van der Waals surface area contributed by atoms with Gasteiger partial charge in [-0.15, -0.1) is 0 Å². The first kappa shape index (κ1) is 18.8. The molecule has 2 aliphatic rings. The zero-order valence-electron chi connectivity index (χ0n) is 15.9. The summed E-state index contributed by atoms with van der Waals surface area (Å²) >= 11 is 0. The first-order chi connectivity index (χ1) is 13.6. The number of aromatic nitrogens is 1. The summed E-state index contributed by atoms with van der Waals surface area (Å²) in [7, 11) is -0.718. The number of nitrogens with one attached hydrogen (secondary N) is 2. The highest BCUT2D eigenvalue weighted by atomic mass is 32.2. The van der Waals surface area contributed by atoms with Crippen LogP contribution in [0.1, 0.15) is 41.8 Å². The number of hydrogen-bond donors (Lipinski definition) is 2. The molecule has 0 spiro atoms. The summed E-state index contributed by atoms with van der Waals surface area (Å²) in [4.78, 5) is 21.4. The quantitative estimate of drug-likeness (QED) is 0.808. The summed E-state index contributed by atoms with van der Waals surface area (Å²) in [6.07, 6.45) is 2.95. The van der Waals surface area contributed by atoms with E-state index in [2.05, 4.69) is 20.6 Å². The van der Waals surface area contributed by atoms with Crippen molar-refractivity contribution in [2.75, 3.05) is 11.5 Å². The molecule has 7 heteroatoms. The third kappa shape index (κ3) is 4.30. The maximum atomic E-state index is 12.4. The van der Waals surface area contributed by atoms with Crippen LogP contribution < -0.4 is 10.6 Å². The molecular weight excluding hydrogens is 372 g/mol. The molecule has 2 N–H and O–H groups in total. The molecule has 28 heavy (non-hydrogen) atoms. The highest BCUT2D eigenvalue weighted by molar-refractivity contribution is 7.85. The number of nitrogens with zero attached hydrogens (tertiary/aromatic N) is 2. The average Bonchev–Trinajstić information content (AvgIpc) is 3.28. The maximum Gasteiger partial charge on any atom is 0.226 e. The van der Waals surface area contributed by atoms with Crippen LogP contribution in [0.5, 0.6) is 0 Å². The molecule has 2 aromatic rings. The molecule has 2 unspecified atom stereocenters. The molecule has 0 aliphatic carbocycles. The van der Waals surface area contributed by atoms with Gasteiger partial charge in [0.15, 0.2) is 0 Å². The molecule has 3 heterocycles. The van der Waals surface area contributed by atoms with E-state index in [-0.39, 0.29) is 24.4 Å².